The molecular formula is C21H22N4O4S. The zero-order valence-corrected chi connectivity index (χ0v) is 17.3. The van der Waals surface area contributed by atoms with Crippen molar-refractivity contribution in [1.29, 1.82) is 5.26 Å². The van der Waals surface area contributed by atoms with E-state index in [-0.39, 0.29) is 5.91 Å². The van der Waals surface area contributed by atoms with Gasteiger partial charge in [0.15, 0.2) is 5.58 Å². The summed E-state index contributed by atoms with van der Waals surface area (Å²) in [6.45, 7) is 1.80. The molecule has 1 fully saturated rings. The van der Waals surface area contributed by atoms with Crippen LogP contribution in [0.1, 0.15) is 11.3 Å². The van der Waals surface area contributed by atoms with E-state index in [0.717, 1.165) is 33.8 Å². The minimum absolute atomic E-state index is 0.265. The smallest absolute Gasteiger partial charge is 0.408 e. The predicted octanol–water partition coefficient (Wildman–Crippen LogP) is 1.79. The standard InChI is InChI=1S/C21H22N4O4S/c1-25-16-9-13(3-5-17(16)29-21(25)27)19-6-4-15(30-19)10-14(11-22)24-20(26)18-12-23-7-2-8-28-18/h3-6,9,14,18,23H,2,7-8,10,12H2,1H3,(H,24,26)/t14-,18-/m0/s1. The molecule has 2 N–H and O–H groups in total. The van der Waals surface area contributed by atoms with E-state index in [0.29, 0.717) is 25.2 Å². The topological polar surface area (TPSA) is 109 Å². The van der Waals surface area contributed by atoms with Crippen LogP contribution in [0, 0.1) is 11.3 Å². The molecule has 0 spiro atoms. The van der Waals surface area contributed by atoms with Crippen LogP contribution in [0.3, 0.4) is 0 Å². The summed E-state index contributed by atoms with van der Waals surface area (Å²) < 4.78 is 12.2. The van der Waals surface area contributed by atoms with Crippen LogP contribution in [0.5, 0.6) is 0 Å². The van der Waals surface area contributed by atoms with E-state index >= 15 is 0 Å². The molecule has 3 heterocycles. The lowest BCUT2D eigenvalue weighted by Gasteiger charge is -2.17. The molecule has 4 rings (SSSR count). The number of oxazole rings is 1. The van der Waals surface area contributed by atoms with Crippen LogP contribution in [0.15, 0.2) is 39.5 Å². The molecule has 0 radical (unpaired) electrons. The van der Waals surface area contributed by atoms with E-state index in [9.17, 15) is 14.9 Å². The fraction of sp³-hybridized carbons (Fsp3) is 0.381. The highest BCUT2D eigenvalue weighted by Crippen LogP contribution is 2.30. The van der Waals surface area contributed by atoms with Crippen LogP contribution < -0.4 is 16.4 Å². The number of fused-ring (bicyclic) bond motifs is 1. The molecule has 1 aromatic carbocycles. The Hall–Kier alpha value is -2.93. The summed E-state index contributed by atoms with van der Waals surface area (Å²) in [5, 5.41) is 15.5. The van der Waals surface area contributed by atoms with Crippen molar-refractivity contribution < 1.29 is 13.9 Å². The number of aryl methyl sites for hydroxylation is 1. The Morgan fingerprint density at radius 2 is 2.30 bits per heavy atom. The lowest BCUT2D eigenvalue weighted by atomic mass is 10.1. The summed E-state index contributed by atoms with van der Waals surface area (Å²) in [7, 11) is 1.67. The molecule has 2 atom stereocenters. The number of amides is 1. The Balaban J connectivity index is 1.45. The molecule has 0 bridgehead atoms. The van der Waals surface area contributed by atoms with Crippen molar-refractivity contribution in [1.82, 2.24) is 15.2 Å². The van der Waals surface area contributed by atoms with Gasteiger partial charge in [-0.15, -0.1) is 11.3 Å². The van der Waals surface area contributed by atoms with Crippen LogP contribution in [0.4, 0.5) is 0 Å². The Morgan fingerprint density at radius 1 is 1.43 bits per heavy atom. The predicted molar refractivity (Wildman–Crippen MR) is 113 cm³/mol. The Labute approximate surface area is 177 Å². The van der Waals surface area contributed by atoms with Gasteiger partial charge in [0.1, 0.15) is 12.1 Å². The van der Waals surface area contributed by atoms with Gasteiger partial charge in [-0.1, -0.05) is 0 Å². The number of nitriles is 1. The zero-order valence-electron chi connectivity index (χ0n) is 16.5. The third-order valence-electron chi connectivity index (χ3n) is 5.05. The van der Waals surface area contributed by atoms with Crippen LogP contribution in [0.2, 0.25) is 0 Å². The van der Waals surface area contributed by atoms with E-state index in [1.807, 2.05) is 24.3 Å². The number of aromatic nitrogens is 1. The molecule has 1 amide bonds. The third kappa shape index (κ3) is 4.31. The summed E-state index contributed by atoms with van der Waals surface area (Å²) in [6.07, 6.45) is 0.706. The van der Waals surface area contributed by atoms with Gasteiger partial charge >= 0.3 is 5.76 Å². The SMILES string of the molecule is Cn1c(=O)oc2ccc(-c3ccc(C[C@@H](C#N)NC(=O)[C@@H]4CNCCCO4)s3)cc21. The number of rotatable bonds is 5. The zero-order chi connectivity index (χ0) is 21.1. The first kappa shape index (κ1) is 20.3. The Morgan fingerprint density at radius 3 is 3.13 bits per heavy atom. The van der Waals surface area contributed by atoms with Crippen LogP contribution >= 0.6 is 11.3 Å². The molecule has 3 aromatic rings. The number of ether oxygens (including phenoxy) is 1. The summed E-state index contributed by atoms with van der Waals surface area (Å²) in [5.74, 6) is -0.659. The molecule has 156 valence electrons. The minimum Gasteiger partial charge on any atom is -0.408 e. The molecule has 8 nitrogen and oxygen atoms in total. The molecule has 30 heavy (non-hydrogen) atoms. The summed E-state index contributed by atoms with van der Waals surface area (Å²) in [4.78, 5) is 26.1. The van der Waals surface area contributed by atoms with E-state index in [1.165, 1.54) is 4.57 Å². The maximum absolute atomic E-state index is 12.4. The number of hydrogen-bond acceptors (Lipinski definition) is 7. The second-order valence-electron chi connectivity index (χ2n) is 7.19. The number of hydrogen-bond donors (Lipinski definition) is 2. The van der Waals surface area contributed by atoms with Crippen molar-refractivity contribution in [2.45, 2.75) is 25.0 Å². The van der Waals surface area contributed by atoms with Crippen molar-refractivity contribution in [2.75, 3.05) is 19.7 Å². The van der Waals surface area contributed by atoms with Gasteiger partial charge in [0, 0.05) is 36.4 Å². The fourth-order valence-corrected chi connectivity index (χ4v) is 4.45. The third-order valence-corrected chi connectivity index (χ3v) is 6.21. The van der Waals surface area contributed by atoms with Crippen molar-refractivity contribution in [3.63, 3.8) is 0 Å². The van der Waals surface area contributed by atoms with Gasteiger partial charge in [0.2, 0.25) is 0 Å². The highest BCUT2D eigenvalue weighted by atomic mass is 32.1. The van der Waals surface area contributed by atoms with E-state index in [4.69, 9.17) is 9.15 Å². The number of carbonyl (C=O) groups excluding carboxylic acids is 1. The Bertz CT molecular complexity index is 1150. The van der Waals surface area contributed by atoms with Gasteiger partial charge in [-0.25, -0.2) is 4.79 Å². The number of thiophene rings is 1. The van der Waals surface area contributed by atoms with Crippen LogP contribution in [0.25, 0.3) is 21.5 Å². The first-order chi connectivity index (χ1) is 14.5. The van der Waals surface area contributed by atoms with Gasteiger partial charge in [-0.2, -0.15) is 5.26 Å². The molecular weight excluding hydrogens is 404 g/mol. The highest BCUT2D eigenvalue weighted by molar-refractivity contribution is 7.15. The lowest BCUT2D eigenvalue weighted by molar-refractivity contribution is -0.132. The maximum atomic E-state index is 12.4. The van der Waals surface area contributed by atoms with Gasteiger partial charge in [0.05, 0.1) is 11.6 Å². The maximum Gasteiger partial charge on any atom is 0.419 e. The molecule has 0 saturated carbocycles. The molecule has 9 heteroatoms. The first-order valence-electron chi connectivity index (χ1n) is 9.76. The van der Waals surface area contributed by atoms with Crippen molar-refractivity contribution >= 4 is 28.3 Å². The van der Waals surface area contributed by atoms with E-state index < -0.39 is 17.9 Å². The largest absolute Gasteiger partial charge is 0.419 e. The quantitative estimate of drug-likeness (QED) is 0.644. The average molecular weight is 426 g/mol. The molecule has 0 unspecified atom stereocenters. The normalized spacial score (nSPS) is 17.9. The minimum atomic E-state index is -0.631. The summed E-state index contributed by atoms with van der Waals surface area (Å²) in [6, 6.07) is 11.1. The van der Waals surface area contributed by atoms with Crippen molar-refractivity contribution in [3.05, 3.63) is 45.8 Å². The average Bonchev–Trinajstić information content (AvgIpc) is 3.19. The molecule has 1 aliphatic heterocycles. The van der Waals surface area contributed by atoms with Crippen molar-refractivity contribution in [3.8, 4) is 16.5 Å². The molecule has 1 saturated heterocycles. The van der Waals surface area contributed by atoms with Gasteiger partial charge in [-0.05, 0) is 48.9 Å². The summed E-state index contributed by atoms with van der Waals surface area (Å²) in [5.41, 5.74) is 2.24. The lowest BCUT2D eigenvalue weighted by Crippen LogP contribution is -2.46. The molecule has 0 aliphatic carbocycles. The molecule has 1 aliphatic rings. The highest BCUT2D eigenvalue weighted by Gasteiger charge is 2.23. The number of benzene rings is 1. The van der Waals surface area contributed by atoms with Crippen LogP contribution in [-0.4, -0.2) is 42.3 Å². The number of nitrogens with zero attached hydrogens (tertiary/aromatic N) is 2. The molecule has 2 aromatic heterocycles. The van der Waals surface area contributed by atoms with E-state index in [1.54, 1.807) is 24.5 Å². The number of nitrogens with one attached hydrogen (secondary N) is 2. The second-order valence-corrected chi connectivity index (χ2v) is 8.36. The van der Waals surface area contributed by atoms with Crippen molar-refractivity contribution in [2.24, 2.45) is 7.05 Å². The Kier molecular flexibility index (Phi) is 5.99. The van der Waals surface area contributed by atoms with E-state index in [2.05, 4.69) is 16.7 Å². The first-order valence-corrected chi connectivity index (χ1v) is 10.6. The fourth-order valence-electron chi connectivity index (χ4n) is 3.40. The number of carbonyl (C=O) groups is 1. The van der Waals surface area contributed by atoms with Crippen LogP contribution in [-0.2, 0) is 23.0 Å². The van der Waals surface area contributed by atoms with Gasteiger partial charge in [-0.3, -0.25) is 9.36 Å². The summed E-state index contributed by atoms with van der Waals surface area (Å²) >= 11 is 1.55. The second kappa shape index (κ2) is 8.83. The monoisotopic (exact) mass is 426 g/mol. The van der Waals surface area contributed by atoms with Gasteiger partial charge in [0.25, 0.3) is 5.91 Å². The van der Waals surface area contributed by atoms with Gasteiger partial charge < -0.3 is 19.8 Å².